The van der Waals surface area contributed by atoms with E-state index >= 15 is 0 Å². The fourth-order valence-corrected chi connectivity index (χ4v) is 2.24. The Hall–Kier alpha value is -0.250. The van der Waals surface area contributed by atoms with Crippen molar-refractivity contribution in [1.29, 1.82) is 0 Å². The highest BCUT2D eigenvalue weighted by molar-refractivity contribution is 5.85. The van der Waals surface area contributed by atoms with E-state index in [9.17, 15) is 0 Å². The zero-order chi connectivity index (χ0) is 10.3. The van der Waals surface area contributed by atoms with Gasteiger partial charge in [-0.25, -0.2) is 4.98 Å². The van der Waals surface area contributed by atoms with Crippen molar-refractivity contribution in [2.45, 2.75) is 39.2 Å². The average molecular weight is 266 g/mol. The van der Waals surface area contributed by atoms with Crippen LogP contribution in [-0.2, 0) is 13.5 Å². The van der Waals surface area contributed by atoms with Gasteiger partial charge in [0, 0.05) is 37.7 Å². The molecule has 1 N–H and O–H groups in total. The lowest BCUT2D eigenvalue weighted by Gasteiger charge is -2.19. The Labute approximate surface area is 110 Å². The fraction of sp³-hybridized carbons (Fsp3) is 0.727. The molecule has 1 aliphatic rings. The highest BCUT2D eigenvalue weighted by Crippen LogP contribution is 2.25. The van der Waals surface area contributed by atoms with Crippen molar-refractivity contribution in [3.8, 4) is 0 Å². The Morgan fingerprint density at radius 2 is 2.00 bits per heavy atom. The first kappa shape index (κ1) is 15.8. The van der Waals surface area contributed by atoms with Gasteiger partial charge < -0.3 is 9.88 Å². The molecule has 1 unspecified atom stereocenters. The maximum atomic E-state index is 4.73. The number of halogens is 2. The molecule has 1 atom stereocenters. The molecule has 1 aliphatic heterocycles. The van der Waals surface area contributed by atoms with E-state index in [2.05, 4.69) is 37.7 Å². The molecule has 16 heavy (non-hydrogen) atoms. The molecule has 94 valence electrons. The third-order valence-electron chi connectivity index (χ3n) is 3.02. The van der Waals surface area contributed by atoms with Gasteiger partial charge in [0.1, 0.15) is 5.82 Å². The number of nitrogens with one attached hydrogen (secondary N) is 1. The predicted molar refractivity (Wildman–Crippen MR) is 71.9 cm³/mol. The van der Waals surface area contributed by atoms with E-state index in [-0.39, 0.29) is 24.8 Å². The molecule has 0 radical (unpaired) electrons. The highest BCUT2D eigenvalue weighted by atomic mass is 35.5. The van der Waals surface area contributed by atoms with E-state index in [1.165, 1.54) is 17.2 Å². The van der Waals surface area contributed by atoms with E-state index in [0.29, 0.717) is 12.0 Å². The van der Waals surface area contributed by atoms with Crippen LogP contribution in [0, 0.1) is 0 Å². The van der Waals surface area contributed by atoms with Crippen LogP contribution in [0.25, 0.3) is 0 Å². The van der Waals surface area contributed by atoms with E-state index in [1.807, 2.05) is 0 Å². The van der Waals surface area contributed by atoms with Gasteiger partial charge in [-0.05, 0) is 6.92 Å². The smallest absolute Gasteiger partial charge is 0.111 e. The van der Waals surface area contributed by atoms with Crippen LogP contribution in [0.4, 0.5) is 0 Å². The Kier molecular flexibility index (Phi) is 5.80. The third kappa shape index (κ3) is 2.53. The van der Waals surface area contributed by atoms with Crippen molar-refractivity contribution in [3.63, 3.8) is 0 Å². The first-order valence-corrected chi connectivity index (χ1v) is 5.40. The first-order valence-electron chi connectivity index (χ1n) is 5.40. The van der Waals surface area contributed by atoms with Crippen molar-refractivity contribution < 1.29 is 0 Å². The van der Waals surface area contributed by atoms with E-state index in [0.717, 1.165) is 13.0 Å². The number of hydrogen-bond acceptors (Lipinski definition) is 2. The molecule has 2 heterocycles. The summed E-state index contributed by atoms with van der Waals surface area (Å²) in [5.74, 6) is 1.73. The van der Waals surface area contributed by atoms with E-state index < -0.39 is 0 Å². The molecule has 0 bridgehead atoms. The van der Waals surface area contributed by atoms with Gasteiger partial charge in [-0.3, -0.25) is 0 Å². The molecule has 1 aromatic rings. The fourth-order valence-electron chi connectivity index (χ4n) is 2.24. The molecular weight excluding hydrogens is 245 g/mol. The number of rotatable bonds is 1. The minimum Gasteiger partial charge on any atom is -0.335 e. The second kappa shape index (κ2) is 5.89. The molecular formula is C11H21Cl2N3. The maximum Gasteiger partial charge on any atom is 0.111 e. The maximum absolute atomic E-state index is 4.73. The van der Waals surface area contributed by atoms with Crippen molar-refractivity contribution in [2.75, 3.05) is 6.54 Å². The van der Waals surface area contributed by atoms with Crippen LogP contribution >= 0.6 is 24.8 Å². The van der Waals surface area contributed by atoms with Crippen LogP contribution in [0.3, 0.4) is 0 Å². The van der Waals surface area contributed by atoms with Crippen molar-refractivity contribution in [2.24, 2.45) is 7.05 Å². The van der Waals surface area contributed by atoms with Gasteiger partial charge in [-0.2, -0.15) is 0 Å². The van der Waals surface area contributed by atoms with E-state index in [1.54, 1.807) is 0 Å². The zero-order valence-electron chi connectivity index (χ0n) is 10.3. The Morgan fingerprint density at radius 3 is 2.50 bits per heavy atom. The van der Waals surface area contributed by atoms with Crippen LogP contribution in [0.5, 0.6) is 0 Å². The number of aromatic nitrogens is 2. The average Bonchev–Trinajstić information content (AvgIpc) is 2.46. The number of imidazole rings is 1. The monoisotopic (exact) mass is 265 g/mol. The van der Waals surface area contributed by atoms with Crippen LogP contribution in [0.1, 0.15) is 49.9 Å². The normalized spacial score (nSPS) is 18.7. The van der Waals surface area contributed by atoms with Crippen molar-refractivity contribution in [3.05, 3.63) is 17.2 Å². The summed E-state index contributed by atoms with van der Waals surface area (Å²) in [6.45, 7) is 7.66. The van der Waals surface area contributed by atoms with Crippen LogP contribution in [-0.4, -0.2) is 16.1 Å². The third-order valence-corrected chi connectivity index (χ3v) is 3.02. The minimum absolute atomic E-state index is 0. The summed E-state index contributed by atoms with van der Waals surface area (Å²) in [5.41, 5.74) is 2.67. The summed E-state index contributed by atoms with van der Waals surface area (Å²) in [6.07, 6.45) is 1.11. The summed E-state index contributed by atoms with van der Waals surface area (Å²) in [7, 11) is 2.14. The number of nitrogens with zero attached hydrogens (tertiary/aromatic N) is 2. The Bertz CT molecular complexity index is 347. The molecule has 5 heteroatoms. The van der Waals surface area contributed by atoms with Crippen LogP contribution in [0.15, 0.2) is 0 Å². The number of hydrogen-bond donors (Lipinski definition) is 1. The van der Waals surface area contributed by atoms with Crippen molar-refractivity contribution >= 4 is 24.8 Å². The lowest BCUT2D eigenvalue weighted by Crippen LogP contribution is -2.28. The quantitative estimate of drug-likeness (QED) is 0.846. The summed E-state index contributed by atoms with van der Waals surface area (Å²) in [6, 6.07) is 0.414. The first-order chi connectivity index (χ1) is 6.61. The standard InChI is InChI=1S/C11H19N3.2ClH/c1-7(2)11-13-10-8(3)12-6-5-9(10)14(11)4;;/h7-8,12H,5-6H2,1-4H3;2*1H. The molecule has 0 fully saturated rings. The molecule has 0 aromatic carbocycles. The van der Waals surface area contributed by atoms with Crippen LogP contribution < -0.4 is 5.32 Å². The molecule has 0 saturated heterocycles. The molecule has 1 aromatic heterocycles. The Balaban J connectivity index is 0.00000112. The molecule has 0 aliphatic carbocycles. The van der Waals surface area contributed by atoms with Crippen molar-refractivity contribution in [1.82, 2.24) is 14.9 Å². The zero-order valence-corrected chi connectivity index (χ0v) is 11.9. The van der Waals surface area contributed by atoms with Gasteiger partial charge in [-0.15, -0.1) is 24.8 Å². The summed E-state index contributed by atoms with van der Waals surface area (Å²) in [5, 5.41) is 3.44. The van der Waals surface area contributed by atoms with Gasteiger partial charge in [0.2, 0.25) is 0 Å². The molecule has 0 spiro atoms. The van der Waals surface area contributed by atoms with Crippen LogP contribution in [0.2, 0.25) is 0 Å². The van der Waals surface area contributed by atoms with Gasteiger partial charge in [-0.1, -0.05) is 13.8 Å². The van der Waals surface area contributed by atoms with Gasteiger partial charge >= 0.3 is 0 Å². The summed E-state index contributed by atoms with van der Waals surface area (Å²) < 4.78 is 2.28. The number of fused-ring (bicyclic) bond motifs is 1. The van der Waals surface area contributed by atoms with Gasteiger partial charge in [0.05, 0.1) is 5.69 Å². The summed E-state index contributed by atoms with van der Waals surface area (Å²) in [4.78, 5) is 4.73. The lowest BCUT2D eigenvalue weighted by atomic mass is 10.1. The summed E-state index contributed by atoms with van der Waals surface area (Å²) >= 11 is 0. The molecule has 0 amide bonds. The van der Waals surface area contributed by atoms with Gasteiger partial charge in [0.25, 0.3) is 0 Å². The molecule has 2 rings (SSSR count). The molecule has 3 nitrogen and oxygen atoms in total. The van der Waals surface area contributed by atoms with Gasteiger partial charge in [0.15, 0.2) is 0 Å². The molecule has 0 saturated carbocycles. The second-order valence-corrected chi connectivity index (χ2v) is 4.44. The lowest BCUT2D eigenvalue weighted by molar-refractivity contribution is 0.519. The SMILES string of the molecule is CC(C)c1nc2c(n1C)CCNC2C.Cl.Cl. The highest BCUT2D eigenvalue weighted by Gasteiger charge is 2.23. The Morgan fingerprint density at radius 1 is 1.38 bits per heavy atom. The van der Waals surface area contributed by atoms with E-state index in [4.69, 9.17) is 4.98 Å². The topological polar surface area (TPSA) is 29.9 Å². The largest absolute Gasteiger partial charge is 0.335 e. The second-order valence-electron chi connectivity index (χ2n) is 4.44. The predicted octanol–water partition coefficient (Wildman–Crippen LogP) is 2.59. The minimum atomic E-state index is 0.